The van der Waals surface area contributed by atoms with Gasteiger partial charge in [0.2, 0.25) is 5.96 Å². The van der Waals surface area contributed by atoms with Gasteiger partial charge in [0.1, 0.15) is 0 Å². The van der Waals surface area contributed by atoms with Gasteiger partial charge in [0.05, 0.1) is 0 Å². The van der Waals surface area contributed by atoms with Gasteiger partial charge in [-0.25, -0.2) is 0 Å². The zero-order valence-corrected chi connectivity index (χ0v) is 14.8. The molecular weight excluding hydrogens is 282 g/mol. The number of nitrogens with zero attached hydrogens (tertiary/aromatic N) is 2. The molecule has 0 unspecified atom stereocenters. The molecule has 0 aliphatic carbocycles. The second kappa shape index (κ2) is 7.32. The van der Waals surface area contributed by atoms with Crippen LogP contribution in [0.25, 0.3) is 0 Å². The predicted molar refractivity (Wildman–Crippen MR) is 101 cm³/mol. The maximum absolute atomic E-state index is 8.85. The smallest absolute Gasteiger partial charge is 0.203 e. The van der Waals surface area contributed by atoms with Gasteiger partial charge in [-0.1, -0.05) is 36.4 Å². The molecule has 0 atom stereocenters. The molecule has 0 heterocycles. The number of nitrogens with one attached hydrogen (secondary N) is 1. The average Bonchev–Trinajstić information content (AvgIpc) is 2.52. The van der Waals surface area contributed by atoms with Gasteiger partial charge in [0.15, 0.2) is 0 Å². The largest absolute Gasteiger partial charge is 0.312 e. The Labute approximate surface area is 140 Å². The van der Waals surface area contributed by atoms with Gasteiger partial charge in [-0.05, 0) is 57.9 Å². The van der Waals surface area contributed by atoms with Crippen molar-refractivity contribution < 1.29 is 0 Å². The van der Waals surface area contributed by atoms with Crippen molar-refractivity contribution in [2.45, 2.75) is 40.7 Å². The number of aryl methyl sites for hydroxylation is 2. The third-order valence-corrected chi connectivity index (χ3v) is 4.10. The highest BCUT2D eigenvalue weighted by Gasteiger charge is 2.23. The molecule has 23 heavy (non-hydrogen) atoms. The van der Waals surface area contributed by atoms with E-state index in [1.165, 1.54) is 11.1 Å². The minimum atomic E-state index is 0.210. The van der Waals surface area contributed by atoms with Crippen LogP contribution in [0.2, 0.25) is 0 Å². The first kappa shape index (κ1) is 17.1. The number of anilines is 2. The Kier molecular flexibility index (Phi) is 5.43. The van der Waals surface area contributed by atoms with Crippen molar-refractivity contribution >= 4 is 17.3 Å². The molecule has 0 aliphatic heterocycles. The van der Waals surface area contributed by atoms with E-state index in [0.717, 1.165) is 17.9 Å². The molecule has 0 radical (unpaired) electrons. The van der Waals surface area contributed by atoms with Gasteiger partial charge < -0.3 is 9.80 Å². The summed E-state index contributed by atoms with van der Waals surface area (Å²) in [5.74, 6) is 0.520. The number of para-hydroxylation sites is 2. The molecule has 122 valence electrons. The molecule has 3 heteroatoms. The standard InChI is InChI=1S/C20H27N3/c1-6-22(18-13-9-7-11-16(18)4)20(21)23(15(2)3)19-14-10-8-12-17(19)5/h7-15,21H,6H2,1-5H3. The minimum Gasteiger partial charge on any atom is -0.312 e. The SMILES string of the molecule is CCN(C(=N)N(c1ccccc1C)C(C)C)c1ccccc1C. The lowest BCUT2D eigenvalue weighted by atomic mass is 10.1. The molecule has 0 amide bonds. The lowest BCUT2D eigenvalue weighted by molar-refractivity contribution is 0.785. The molecule has 0 bridgehead atoms. The first-order valence-corrected chi connectivity index (χ1v) is 8.24. The summed E-state index contributed by atoms with van der Waals surface area (Å²) in [4.78, 5) is 4.17. The average molecular weight is 309 g/mol. The highest BCUT2D eigenvalue weighted by Crippen LogP contribution is 2.26. The van der Waals surface area contributed by atoms with Crippen molar-refractivity contribution in [1.29, 1.82) is 5.41 Å². The van der Waals surface area contributed by atoms with E-state index < -0.39 is 0 Å². The van der Waals surface area contributed by atoms with E-state index in [9.17, 15) is 0 Å². The Hall–Kier alpha value is -2.29. The van der Waals surface area contributed by atoms with E-state index in [1.54, 1.807) is 0 Å². The van der Waals surface area contributed by atoms with Crippen molar-refractivity contribution in [2.24, 2.45) is 0 Å². The first-order valence-electron chi connectivity index (χ1n) is 8.24. The highest BCUT2D eigenvalue weighted by atomic mass is 15.4. The number of hydrogen-bond donors (Lipinski definition) is 1. The summed E-state index contributed by atoms with van der Waals surface area (Å²) in [6.45, 7) is 11.3. The lowest BCUT2D eigenvalue weighted by Gasteiger charge is -2.37. The second-order valence-corrected chi connectivity index (χ2v) is 6.10. The van der Waals surface area contributed by atoms with Crippen LogP contribution in [0.15, 0.2) is 48.5 Å². The molecule has 0 saturated carbocycles. The summed E-state index contributed by atoms with van der Waals surface area (Å²) in [7, 11) is 0. The van der Waals surface area contributed by atoms with Crippen LogP contribution in [0, 0.1) is 19.3 Å². The van der Waals surface area contributed by atoms with Crippen molar-refractivity contribution in [1.82, 2.24) is 0 Å². The number of hydrogen-bond acceptors (Lipinski definition) is 1. The van der Waals surface area contributed by atoms with Gasteiger partial charge in [-0.2, -0.15) is 0 Å². The van der Waals surface area contributed by atoms with Crippen LogP contribution < -0.4 is 9.80 Å². The summed E-state index contributed by atoms with van der Waals surface area (Å²) >= 11 is 0. The van der Waals surface area contributed by atoms with Crippen LogP contribution in [0.1, 0.15) is 31.9 Å². The summed E-state index contributed by atoms with van der Waals surface area (Å²) in [6.07, 6.45) is 0. The molecule has 0 spiro atoms. The maximum Gasteiger partial charge on any atom is 0.203 e. The van der Waals surface area contributed by atoms with Crippen molar-refractivity contribution in [3.05, 3.63) is 59.7 Å². The fourth-order valence-corrected chi connectivity index (χ4v) is 2.90. The molecular formula is C20H27N3. The molecule has 0 fully saturated rings. The molecule has 2 rings (SSSR count). The third kappa shape index (κ3) is 3.55. The quantitative estimate of drug-likeness (QED) is 0.638. The fraction of sp³-hybridized carbons (Fsp3) is 0.350. The first-order chi connectivity index (χ1) is 11.0. The summed E-state index contributed by atoms with van der Waals surface area (Å²) < 4.78 is 0. The zero-order chi connectivity index (χ0) is 17.0. The maximum atomic E-state index is 8.85. The number of guanidine groups is 1. The zero-order valence-electron chi connectivity index (χ0n) is 14.8. The Morgan fingerprint density at radius 3 is 1.83 bits per heavy atom. The Morgan fingerprint density at radius 1 is 0.913 bits per heavy atom. The number of rotatable bonds is 4. The van der Waals surface area contributed by atoms with Crippen LogP contribution >= 0.6 is 0 Å². The monoisotopic (exact) mass is 309 g/mol. The van der Waals surface area contributed by atoms with Crippen LogP contribution in [-0.2, 0) is 0 Å². The van der Waals surface area contributed by atoms with Gasteiger partial charge >= 0.3 is 0 Å². The Bertz CT molecular complexity index is 676. The van der Waals surface area contributed by atoms with Gasteiger partial charge in [0, 0.05) is 24.0 Å². The molecule has 0 aromatic heterocycles. The fourth-order valence-electron chi connectivity index (χ4n) is 2.90. The van der Waals surface area contributed by atoms with Crippen molar-refractivity contribution in [3.63, 3.8) is 0 Å². The van der Waals surface area contributed by atoms with Crippen LogP contribution in [0.5, 0.6) is 0 Å². The van der Waals surface area contributed by atoms with E-state index >= 15 is 0 Å². The molecule has 2 aromatic rings. The summed E-state index contributed by atoms with van der Waals surface area (Å²) in [6, 6.07) is 16.7. The van der Waals surface area contributed by atoms with Gasteiger partial charge in [-0.3, -0.25) is 5.41 Å². The molecule has 3 nitrogen and oxygen atoms in total. The second-order valence-electron chi connectivity index (χ2n) is 6.10. The van der Waals surface area contributed by atoms with E-state index in [0.29, 0.717) is 5.96 Å². The number of benzene rings is 2. The Morgan fingerprint density at radius 2 is 1.39 bits per heavy atom. The summed E-state index contributed by atoms with van der Waals surface area (Å²) in [5.41, 5.74) is 4.57. The van der Waals surface area contributed by atoms with E-state index in [1.807, 2.05) is 24.3 Å². The van der Waals surface area contributed by atoms with E-state index in [2.05, 4.69) is 68.7 Å². The topological polar surface area (TPSA) is 30.3 Å². The highest BCUT2D eigenvalue weighted by molar-refractivity contribution is 6.06. The van der Waals surface area contributed by atoms with E-state index in [4.69, 9.17) is 5.41 Å². The van der Waals surface area contributed by atoms with E-state index in [-0.39, 0.29) is 6.04 Å². The molecule has 0 aliphatic rings. The Balaban J connectivity index is 2.45. The lowest BCUT2D eigenvalue weighted by Crippen LogP contribution is -2.48. The van der Waals surface area contributed by atoms with Crippen molar-refractivity contribution in [2.75, 3.05) is 16.3 Å². The van der Waals surface area contributed by atoms with Gasteiger partial charge in [-0.15, -0.1) is 0 Å². The van der Waals surface area contributed by atoms with Crippen molar-refractivity contribution in [3.8, 4) is 0 Å². The van der Waals surface area contributed by atoms with Crippen LogP contribution in [0.3, 0.4) is 0 Å². The van der Waals surface area contributed by atoms with Gasteiger partial charge in [0.25, 0.3) is 0 Å². The van der Waals surface area contributed by atoms with Crippen LogP contribution in [-0.4, -0.2) is 18.5 Å². The molecule has 1 N–H and O–H groups in total. The third-order valence-electron chi connectivity index (χ3n) is 4.10. The minimum absolute atomic E-state index is 0.210. The molecule has 0 saturated heterocycles. The predicted octanol–water partition coefficient (Wildman–Crippen LogP) is 4.98. The summed E-state index contributed by atoms with van der Waals surface area (Å²) in [5, 5.41) is 8.85. The van der Waals surface area contributed by atoms with Crippen LogP contribution in [0.4, 0.5) is 11.4 Å². The molecule has 2 aromatic carbocycles. The normalized spacial score (nSPS) is 10.7.